The van der Waals surface area contributed by atoms with Crippen LogP contribution in [0.4, 0.5) is 0 Å². The van der Waals surface area contributed by atoms with E-state index >= 15 is 0 Å². The number of hydrogen-bond acceptors (Lipinski definition) is 3. The normalized spacial score (nSPS) is 14.2. The highest BCUT2D eigenvalue weighted by Gasteiger charge is 2.23. The largest absolute Gasteiger partial charge is 0.350 e. The number of carbonyl (C=O) groups is 2. The van der Waals surface area contributed by atoms with Gasteiger partial charge in [0.1, 0.15) is 0 Å². The molecule has 0 aliphatic rings. The molecule has 0 spiro atoms. The van der Waals surface area contributed by atoms with Crippen molar-refractivity contribution in [2.24, 2.45) is 0 Å². The van der Waals surface area contributed by atoms with Crippen molar-refractivity contribution in [2.45, 2.75) is 52.2 Å². The molecule has 0 aliphatic heterocycles. The first-order chi connectivity index (χ1) is 10.6. The van der Waals surface area contributed by atoms with Crippen LogP contribution in [0.1, 0.15) is 46.2 Å². The molecule has 5 nitrogen and oxygen atoms in total. The molecule has 1 aromatic carbocycles. The van der Waals surface area contributed by atoms with E-state index in [4.69, 9.17) is 0 Å². The highest BCUT2D eigenvalue weighted by atomic mass is 16.2. The van der Waals surface area contributed by atoms with Crippen LogP contribution in [0, 0.1) is 0 Å². The fraction of sp³-hybridized carbons (Fsp3) is 0.556. The van der Waals surface area contributed by atoms with Crippen LogP contribution in [0.5, 0.6) is 0 Å². The van der Waals surface area contributed by atoms with Crippen molar-refractivity contribution in [3.63, 3.8) is 0 Å². The predicted molar refractivity (Wildman–Crippen MR) is 93.0 cm³/mol. The van der Waals surface area contributed by atoms with Crippen LogP contribution < -0.4 is 10.6 Å². The van der Waals surface area contributed by atoms with Gasteiger partial charge in [-0.1, -0.05) is 30.3 Å². The maximum Gasteiger partial charge on any atom is 0.237 e. The molecule has 0 aromatic heterocycles. The number of carbonyl (C=O) groups excluding carboxylic acids is 2. The number of hydrogen-bond donors (Lipinski definition) is 2. The number of amides is 2. The lowest BCUT2D eigenvalue weighted by molar-refractivity contribution is -0.128. The van der Waals surface area contributed by atoms with Gasteiger partial charge in [0.15, 0.2) is 0 Å². The van der Waals surface area contributed by atoms with Gasteiger partial charge in [0.05, 0.1) is 18.6 Å². The molecule has 2 amide bonds. The minimum atomic E-state index is -0.383. The zero-order chi connectivity index (χ0) is 17.6. The second kappa shape index (κ2) is 8.11. The van der Waals surface area contributed by atoms with Gasteiger partial charge in [0.25, 0.3) is 0 Å². The van der Waals surface area contributed by atoms with Gasteiger partial charge in [-0.05, 0) is 47.2 Å². The Balaban J connectivity index is 2.54. The molecule has 2 N–H and O–H groups in total. The van der Waals surface area contributed by atoms with Crippen LogP contribution >= 0.6 is 0 Å². The van der Waals surface area contributed by atoms with Gasteiger partial charge >= 0.3 is 0 Å². The van der Waals surface area contributed by atoms with E-state index in [1.54, 1.807) is 18.9 Å². The Bertz CT molecular complexity index is 523. The zero-order valence-electron chi connectivity index (χ0n) is 15.0. The number of nitrogens with zero attached hydrogens (tertiary/aromatic N) is 1. The summed E-state index contributed by atoms with van der Waals surface area (Å²) in [5.41, 5.74) is 0.784. The molecule has 0 fully saturated rings. The molecular formula is C18H29N3O2. The topological polar surface area (TPSA) is 61.4 Å². The number of benzene rings is 1. The third-order valence-corrected chi connectivity index (χ3v) is 3.61. The summed E-state index contributed by atoms with van der Waals surface area (Å²) >= 11 is 0. The average Bonchev–Trinajstić information content (AvgIpc) is 2.45. The summed E-state index contributed by atoms with van der Waals surface area (Å²) in [4.78, 5) is 26.0. The van der Waals surface area contributed by atoms with Crippen molar-refractivity contribution in [2.75, 3.05) is 13.6 Å². The lowest BCUT2D eigenvalue weighted by atomic mass is 10.1. The Morgan fingerprint density at radius 3 is 2.22 bits per heavy atom. The minimum Gasteiger partial charge on any atom is -0.350 e. The molecule has 0 aliphatic carbocycles. The van der Waals surface area contributed by atoms with Crippen LogP contribution in [-0.2, 0) is 9.59 Å². The fourth-order valence-electron chi connectivity index (χ4n) is 2.18. The lowest BCUT2D eigenvalue weighted by Gasteiger charge is -2.27. The quantitative estimate of drug-likeness (QED) is 0.844. The fourth-order valence-corrected chi connectivity index (χ4v) is 2.18. The number of likely N-dealkylation sites (N-methyl/N-ethyl adjacent to an activating group) is 1. The van der Waals surface area contributed by atoms with Crippen LogP contribution in [0.2, 0.25) is 0 Å². The molecule has 2 atom stereocenters. The van der Waals surface area contributed by atoms with E-state index in [1.807, 2.05) is 58.0 Å². The third-order valence-electron chi connectivity index (χ3n) is 3.61. The van der Waals surface area contributed by atoms with Crippen LogP contribution in [0.25, 0.3) is 0 Å². The Hall–Kier alpha value is -1.88. The predicted octanol–water partition coefficient (Wildman–Crippen LogP) is 2.10. The van der Waals surface area contributed by atoms with Crippen molar-refractivity contribution in [3.8, 4) is 0 Å². The van der Waals surface area contributed by atoms with Crippen molar-refractivity contribution >= 4 is 11.8 Å². The Kier molecular flexibility index (Phi) is 6.76. The Morgan fingerprint density at radius 1 is 1.13 bits per heavy atom. The summed E-state index contributed by atoms with van der Waals surface area (Å²) in [5, 5.41) is 5.88. The van der Waals surface area contributed by atoms with Gasteiger partial charge in [0, 0.05) is 5.54 Å². The summed E-state index contributed by atoms with van der Waals surface area (Å²) in [6, 6.07) is 9.36. The Labute approximate surface area is 139 Å². The number of nitrogens with one attached hydrogen (secondary N) is 2. The molecule has 1 aromatic rings. The molecule has 0 saturated carbocycles. The van der Waals surface area contributed by atoms with E-state index < -0.39 is 0 Å². The van der Waals surface area contributed by atoms with Gasteiger partial charge in [-0.3, -0.25) is 14.5 Å². The van der Waals surface area contributed by atoms with Crippen LogP contribution in [0.15, 0.2) is 30.3 Å². The van der Waals surface area contributed by atoms with E-state index in [2.05, 4.69) is 10.6 Å². The van der Waals surface area contributed by atoms with Crippen LogP contribution in [0.3, 0.4) is 0 Å². The van der Waals surface area contributed by atoms with Gasteiger partial charge in [-0.25, -0.2) is 0 Å². The number of rotatable bonds is 6. The zero-order valence-corrected chi connectivity index (χ0v) is 15.0. The van der Waals surface area contributed by atoms with E-state index in [9.17, 15) is 9.59 Å². The van der Waals surface area contributed by atoms with Gasteiger partial charge in [-0.15, -0.1) is 0 Å². The standard InChI is InChI=1S/C18H29N3O2/c1-13(15-10-8-7-9-11-15)19-17(23)14(2)21(6)12-16(22)20-18(3,4)5/h7-11,13-14H,12H2,1-6H3,(H,19,23)(H,20,22). The Morgan fingerprint density at radius 2 is 1.70 bits per heavy atom. The summed E-state index contributed by atoms with van der Waals surface area (Å²) in [6.45, 7) is 9.74. The van der Waals surface area contributed by atoms with Crippen molar-refractivity contribution in [3.05, 3.63) is 35.9 Å². The molecular weight excluding hydrogens is 290 g/mol. The lowest BCUT2D eigenvalue weighted by Crippen LogP contribution is -2.50. The van der Waals surface area contributed by atoms with Crippen LogP contribution in [-0.4, -0.2) is 41.9 Å². The smallest absolute Gasteiger partial charge is 0.237 e. The van der Waals surface area contributed by atoms with Crippen molar-refractivity contribution < 1.29 is 9.59 Å². The first-order valence-corrected chi connectivity index (χ1v) is 7.96. The first-order valence-electron chi connectivity index (χ1n) is 7.96. The third kappa shape index (κ3) is 6.82. The molecule has 0 saturated heterocycles. The monoisotopic (exact) mass is 319 g/mol. The molecule has 23 heavy (non-hydrogen) atoms. The van der Waals surface area contributed by atoms with E-state index in [-0.39, 0.29) is 36.0 Å². The van der Waals surface area contributed by atoms with E-state index in [0.29, 0.717) is 0 Å². The second-order valence-electron chi connectivity index (χ2n) is 7.03. The maximum absolute atomic E-state index is 12.4. The van der Waals surface area contributed by atoms with E-state index in [1.165, 1.54) is 0 Å². The highest BCUT2D eigenvalue weighted by molar-refractivity contribution is 5.83. The van der Waals surface area contributed by atoms with Crippen molar-refractivity contribution in [1.29, 1.82) is 0 Å². The summed E-state index contributed by atoms with van der Waals surface area (Å²) in [6.07, 6.45) is 0. The van der Waals surface area contributed by atoms with Crippen molar-refractivity contribution in [1.82, 2.24) is 15.5 Å². The highest BCUT2D eigenvalue weighted by Crippen LogP contribution is 2.11. The average molecular weight is 319 g/mol. The van der Waals surface area contributed by atoms with Gasteiger partial charge < -0.3 is 10.6 Å². The van der Waals surface area contributed by atoms with Gasteiger partial charge in [-0.2, -0.15) is 0 Å². The molecule has 0 heterocycles. The van der Waals surface area contributed by atoms with Gasteiger partial charge in [0.2, 0.25) is 11.8 Å². The summed E-state index contributed by atoms with van der Waals surface area (Å²) in [7, 11) is 1.78. The molecule has 1 rings (SSSR count). The molecule has 0 radical (unpaired) electrons. The molecule has 128 valence electrons. The second-order valence-corrected chi connectivity index (χ2v) is 7.03. The van der Waals surface area contributed by atoms with E-state index in [0.717, 1.165) is 5.56 Å². The molecule has 0 bridgehead atoms. The maximum atomic E-state index is 12.4. The summed E-state index contributed by atoms with van der Waals surface area (Å²) in [5.74, 6) is -0.178. The molecule has 5 heteroatoms. The SMILES string of the molecule is CC(NC(=O)C(C)N(C)CC(=O)NC(C)(C)C)c1ccccc1. The first kappa shape index (κ1) is 19.2. The molecule has 2 unspecified atom stereocenters. The summed E-state index contributed by atoms with van der Waals surface area (Å²) < 4.78 is 0. The minimum absolute atomic E-state index is 0.0667.